The van der Waals surface area contributed by atoms with Crippen LogP contribution in [0.4, 0.5) is 0 Å². The van der Waals surface area contributed by atoms with E-state index in [0.29, 0.717) is 11.5 Å². The molecule has 3 amide bonds. The van der Waals surface area contributed by atoms with Crippen molar-refractivity contribution < 1.29 is 57.7 Å². The van der Waals surface area contributed by atoms with Crippen LogP contribution >= 0.6 is 0 Å². The third-order valence-electron chi connectivity index (χ3n) is 5.05. The number of hydroxylamine groups is 2. The predicted molar refractivity (Wildman–Crippen MR) is 111 cm³/mol. The van der Waals surface area contributed by atoms with Crippen LogP contribution in [0.1, 0.15) is 52.9 Å². The molecule has 196 valence electrons. The van der Waals surface area contributed by atoms with E-state index in [1.807, 2.05) is 0 Å². The van der Waals surface area contributed by atoms with Gasteiger partial charge in [0.1, 0.15) is 24.9 Å². The Morgan fingerprint density at radius 1 is 1.06 bits per heavy atom. The largest absolute Gasteiger partial charge is 0.463 e. The van der Waals surface area contributed by atoms with Gasteiger partial charge in [0.15, 0.2) is 12.4 Å². The minimum absolute atomic E-state index is 0.00170. The van der Waals surface area contributed by atoms with Crippen molar-refractivity contribution >= 4 is 35.6 Å². The Morgan fingerprint density at radius 3 is 2.29 bits per heavy atom. The predicted octanol–water partition coefficient (Wildman–Crippen LogP) is -1.13. The summed E-state index contributed by atoms with van der Waals surface area (Å²) in [4.78, 5) is 74.1. The van der Waals surface area contributed by atoms with Crippen LogP contribution in [0.5, 0.6) is 0 Å². The molecule has 5 unspecified atom stereocenters. The first-order chi connectivity index (χ1) is 16.5. The number of esters is 2. The maximum atomic E-state index is 11.9. The molecule has 0 spiro atoms. The van der Waals surface area contributed by atoms with E-state index in [4.69, 9.17) is 23.8 Å². The number of imide groups is 1. The highest BCUT2D eigenvalue weighted by Gasteiger charge is 2.48. The monoisotopic (exact) mass is 502 g/mol. The molecule has 2 fully saturated rings. The second kappa shape index (κ2) is 13.1. The Kier molecular flexibility index (Phi) is 10.5. The van der Waals surface area contributed by atoms with Gasteiger partial charge in [0.25, 0.3) is 11.8 Å². The molecule has 2 rings (SSSR count). The van der Waals surface area contributed by atoms with E-state index in [1.54, 1.807) is 0 Å². The zero-order chi connectivity index (χ0) is 26.1. The summed E-state index contributed by atoms with van der Waals surface area (Å²) in [5, 5.41) is 13.6. The summed E-state index contributed by atoms with van der Waals surface area (Å²) in [7, 11) is 0. The average molecular weight is 502 g/mol. The SMILES string of the molecule is CC(=O)NC1C(OCCCCC(=O)ON2C(=O)CCC2=O)OC(COC(C)=O)C(O)C1OC(C)=O. The minimum atomic E-state index is -1.43. The number of unbranched alkanes of at least 4 members (excludes halogenated alkanes) is 1. The lowest BCUT2D eigenvalue weighted by Gasteiger charge is -2.43. The lowest BCUT2D eigenvalue weighted by atomic mass is 9.96. The number of ether oxygens (including phenoxy) is 4. The highest BCUT2D eigenvalue weighted by Crippen LogP contribution is 2.26. The molecule has 5 atom stereocenters. The van der Waals surface area contributed by atoms with Crippen LogP contribution in [0, 0.1) is 0 Å². The number of hydrogen-bond donors (Lipinski definition) is 2. The van der Waals surface area contributed by atoms with Crippen molar-refractivity contribution in [1.29, 1.82) is 0 Å². The lowest BCUT2D eigenvalue weighted by Crippen LogP contribution is -2.65. The second-order valence-corrected chi connectivity index (χ2v) is 8.01. The fraction of sp³-hybridized carbons (Fsp3) is 0.714. The number of nitrogens with zero attached hydrogens (tertiary/aromatic N) is 1. The van der Waals surface area contributed by atoms with Gasteiger partial charge in [-0.15, -0.1) is 5.06 Å². The van der Waals surface area contributed by atoms with Gasteiger partial charge >= 0.3 is 17.9 Å². The van der Waals surface area contributed by atoms with Gasteiger partial charge in [0, 0.05) is 46.6 Å². The van der Waals surface area contributed by atoms with Gasteiger partial charge in [-0.3, -0.25) is 24.0 Å². The van der Waals surface area contributed by atoms with E-state index in [1.165, 1.54) is 13.8 Å². The summed E-state index contributed by atoms with van der Waals surface area (Å²) in [6.07, 6.45) is -4.47. The Bertz CT molecular complexity index is 815. The van der Waals surface area contributed by atoms with E-state index in [9.17, 15) is 33.9 Å². The number of aliphatic hydroxyl groups excluding tert-OH is 1. The summed E-state index contributed by atoms with van der Waals surface area (Å²) in [6, 6.07) is -1.07. The molecule has 0 bridgehead atoms. The molecule has 0 aromatic rings. The molecular formula is C21H30N2O12. The van der Waals surface area contributed by atoms with Gasteiger partial charge in [-0.25, -0.2) is 4.79 Å². The fourth-order valence-electron chi connectivity index (χ4n) is 3.49. The highest BCUT2D eigenvalue weighted by atomic mass is 16.7. The second-order valence-electron chi connectivity index (χ2n) is 8.01. The van der Waals surface area contributed by atoms with Gasteiger partial charge in [-0.1, -0.05) is 0 Å². The van der Waals surface area contributed by atoms with Crippen molar-refractivity contribution in [1.82, 2.24) is 10.4 Å². The molecule has 2 N–H and O–H groups in total. The zero-order valence-electron chi connectivity index (χ0n) is 19.7. The molecule has 0 saturated carbocycles. The van der Waals surface area contributed by atoms with Crippen molar-refractivity contribution in [2.45, 2.75) is 83.5 Å². The van der Waals surface area contributed by atoms with Crippen molar-refractivity contribution in [2.75, 3.05) is 13.2 Å². The quantitative estimate of drug-likeness (QED) is 0.197. The molecule has 35 heavy (non-hydrogen) atoms. The van der Waals surface area contributed by atoms with Crippen LogP contribution in [0.25, 0.3) is 0 Å². The third-order valence-corrected chi connectivity index (χ3v) is 5.05. The minimum Gasteiger partial charge on any atom is -0.463 e. The van der Waals surface area contributed by atoms with Gasteiger partial charge in [0.05, 0.1) is 0 Å². The first-order valence-electron chi connectivity index (χ1n) is 11.1. The third kappa shape index (κ3) is 8.56. The number of hydrogen-bond acceptors (Lipinski definition) is 12. The number of aliphatic hydroxyl groups is 1. The topological polar surface area (TPSA) is 184 Å². The van der Waals surface area contributed by atoms with Gasteiger partial charge in [-0.05, 0) is 12.8 Å². The maximum Gasteiger partial charge on any atom is 0.333 e. The van der Waals surface area contributed by atoms with Gasteiger partial charge in [-0.2, -0.15) is 0 Å². The first kappa shape index (κ1) is 28.1. The molecule has 2 saturated heterocycles. The summed E-state index contributed by atoms with van der Waals surface area (Å²) < 4.78 is 21.5. The molecule has 2 aliphatic heterocycles. The Hall–Kier alpha value is -3.10. The van der Waals surface area contributed by atoms with Crippen molar-refractivity contribution in [2.24, 2.45) is 0 Å². The molecular weight excluding hydrogens is 472 g/mol. The van der Waals surface area contributed by atoms with E-state index in [0.717, 1.165) is 6.92 Å². The van der Waals surface area contributed by atoms with Gasteiger partial charge < -0.3 is 34.2 Å². The molecule has 2 heterocycles. The molecule has 14 heteroatoms. The van der Waals surface area contributed by atoms with E-state index < -0.39 is 66.3 Å². The molecule has 2 aliphatic rings. The Morgan fingerprint density at radius 2 is 1.71 bits per heavy atom. The van der Waals surface area contributed by atoms with Crippen LogP contribution in [0.3, 0.4) is 0 Å². The molecule has 14 nitrogen and oxygen atoms in total. The zero-order valence-corrected chi connectivity index (χ0v) is 19.7. The summed E-state index contributed by atoms with van der Waals surface area (Å²) in [6.45, 7) is 3.21. The number of amides is 3. The van der Waals surface area contributed by atoms with Gasteiger partial charge in [0.2, 0.25) is 5.91 Å². The Labute approximate surface area is 201 Å². The van der Waals surface area contributed by atoms with Crippen LogP contribution in [0.2, 0.25) is 0 Å². The van der Waals surface area contributed by atoms with E-state index in [2.05, 4.69) is 5.32 Å². The molecule has 0 radical (unpaired) electrons. The van der Waals surface area contributed by atoms with Crippen LogP contribution in [-0.4, -0.2) is 89.7 Å². The number of carbonyl (C=O) groups is 6. The summed E-state index contributed by atoms with van der Waals surface area (Å²) >= 11 is 0. The fourth-order valence-corrected chi connectivity index (χ4v) is 3.49. The summed E-state index contributed by atoms with van der Waals surface area (Å²) in [5.74, 6) is -3.72. The highest BCUT2D eigenvalue weighted by molar-refractivity contribution is 6.01. The standard InChI is InChI=1S/C21H30N2O12/c1-11(24)22-18-20(33-13(3)26)19(30)14(10-32-12(2)25)34-21(18)31-9-5-4-6-17(29)35-23-15(27)7-8-16(23)28/h14,18-21,30H,4-10H2,1-3H3,(H,22,24). The Balaban J connectivity index is 1.93. The van der Waals surface area contributed by atoms with Crippen LogP contribution in [-0.2, 0) is 52.6 Å². The lowest BCUT2D eigenvalue weighted by molar-refractivity contribution is -0.274. The van der Waals surface area contributed by atoms with Crippen LogP contribution < -0.4 is 5.32 Å². The smallest absolute Gasteiger partial charge is 0.333 e. The van der Waals surface area contributed by atoms with Crippen molar-refractivity contribution in [3.05, 3.63) is 0 Å². The average Bonchev–Trinajstić information content (AvgIpc) is 3.07. The number of carbonyl (C=O) groups excluding carboxylic acids is 6. The van der Waals surface area contributed by atoms with Crippen molar-refractivity contribution in [3.8, 4) is 0 Å². The van der Waals surface area contributed by atoms with E-state index in [-0.39, 0.29) is 38.9 Å². The normalized spacial score (nSPS) is 26.3. The van der Waals surface area contributed by atoms with E-state index >= 15 is 0 Å². The molecule has 0 aromatic heterocycles. The number of nitrogens with one attached hydrogen (secondary N) is 1. The summed E-state index contributed by atoms with van der Waals surface area (Å²) in [5.41, 5.74) is 0. The van der Waals surface area contributed by atoms with Crippen molar-refractivity contribution in [3.63, 3.8) is 0 Å². The molecule has 0 aliphatic carbocycles. The molecule has 0 aromatic carbocycles. The van der Waals surface area contributed by atoms with Crippen LogP contribution in [0.15, 0.2) is 0 Å². The first-order valence-corrected chi connectivity index (χ1v) is 11.1. The number of rotatable bonds is 11. The maximum absolute atomic E-state index is 11.9.